The van der Waals surface area contributed by atoms with E-state index in [9.17, 15) is 0 Å². The average Bonchev–Trinajstić information content (AvgIpc) is 3.77. The third-order valence-corrected chi connectivity index (χ3v) is 9.43. The molecular formula is C30H27Cl3N6O3S. The summed E-state index contributed by atoms with van der Waals surface area (Å²) >= 11 is 20.6. The largest absolute Gasteiger partial charge is 0.491 e. The molecule has 0 saturated carbocycles. The highest BCUT2D eigenvalue weighted by Crippen LogP contribution is 2.40. The van der Waals surface area contributed by atoms with E-state index in [1.165, 1.54) is 6.33 Å². The van der Waals surface area contributed by atoms with Crippen molar-refractivity contribution in [2.24, 2.45) is 0 Å². The van der Waals surface area contributed by atoms with Crippen LogP contribution < -0.4 is 14.5 Å². The Bertz CT molecular complexity index is 1710. The first-order valence-corrected chi connectivity index (χ1v) is 15.8. The minimum absolute atomic E-state index is 0.278. The van der Waals surface area contributed by atoms with E-state index in [-0.39, 0.29) is 12.6 Å². The summed E-state index contributed by atoms with van der Waals surface area (Å²) in [5.41, 5.74) is 2.83. The van der Waals surface area contributed by atoms with Crippen molar-refractivity contribution in [1.29, 1.82) is 0 Å². The van der Waals surface area contributed by atoms with Gasteiger partial charge in [-0.3, -0.25) is 0 Å². The highest BCUT2D eigenvalue weighted by Gasteiger charge is 2.45. The van der Waals surface area contributed by atoms with Crippen LogP contribution in [0.5, 0.6) is 5.75 Å². The Hall–Kier alpha value is -3.12. The van der Waals surface area contributed by atoms with E-state index in [0.29, 0.717) is 28.8 Å². The van der Waals surface area contributed by atoms with Gasteiger partial charge in [-0.25, -0.2) is 14.6 Å². The average molecular weight is 658 g/mol. The Morgan fingerprint density at radius 2 is 1.70 bits per heavy atom. The Morgan fingerprint density at radius 1 is 0.930 bits per heavy atom. The van der Waals surface area contributed by atoms with Crippen LogP contribution in [0.15, 0.2) is 73.3 Å². The number of rotatable bonds is 8. The lowest BCUT2D eigenvalue weighted by molar-refractivity contribution is -0.190. The molecule has 2 saturated heterocycles. The molecule has 0 spiro atoms. The Balaban J connectivity index is 0.956. The molecule has 0 bridgehead atoms. The van der Waals surface area contributed by atoms with Crippen molar-refractivity contribution in [3.63, 3.8) is 0 Å². The van der Waals surface area contributed by atoms with Gasteiger partial charge in [0.15, 0.2) is 5.13 Å². The Morgan fingerprint density at radius 3 is 2.47 bits per heavy atom. The van der Waals surface area contributed by atoms with Crippen LogP contribution in [0.4, 0.5) is 10.8 Å². The number of fused-ring (bicyclic) bond motifs is 1. The molecule has 2 aliphatic rings. The predicted molar refractivity (Wildman–Crippen MR) is 170 cm³/mol. The summed E-state index contributed by atoms with van der Waals surface area (Å²) in [6, 6.07) is 19.3. The molecule has 9 nitrogen and oxygen atoms in total. The topological polar surface area (TPSA) is 77.8 Å². The maximum atomic E-state index is 6.57. The van der Waals surface area contributed by atoms with Crippen molar-refractivity contribution in [2.45, 2.75) is 18.4 Å². The standard InChI is InChI=1S/C30H27Cl3N6O3S/c31-20-1-7-25(26(33)13-20)30(17-39-19-34-18-35-39)41-16-24(42-30)15-40-23-5-3-22(4-6-23)37-9-11-38(12-10-37)29-36-27-8-2-21(32)14-28(27)43-29/h1-8,13-14,18-19,24H,9-12,15-17H2. The van der Waals surface area contributed by atoms with Crippen molar-refractivity contribution in [2.75, 3.05) is 49.2 Å². The van der Waals surface area contributed by atoms with E-state index >= 15 is 0 Å². The molecule has 13 heteroatoms. The van der Waals surface area contributed by atoms with Gasteiger partial charge < -0.3 is 24.0 Å². The minimum Gasteiger partial charge on any atom is -0.491 e. The first-order chi connectivity index (χ1) is 20.9. The van der Waals surface area contributed by atoms with E-state index in [0.717, 1.165) is 58.0 Å². The van der Waals surface area contributed by atoms with Gasteiger partial charge in [0.1, 0.15) is 37.7 Å². The van der Waals surface area contributed by atoms with Gasteiger partial charge in [-0.2, -0.15) is 5.10 Å². The van der Waals surface area contributed by atoms with E-state index in [4.69, 9.17) is 54.0 Å². The second-order valence-corrected chi connectivity index (χ2v) is 12.7. The number of nitrogens with zero attached hydrogens (tertiary/aromatic N) is 6. The number of benzene rings is 3. The van der Waals surface area contributed by atoms with Gasteiger partial charge in [-0.15, -0.1) is 0 Å². The minimum atomic E-state index is -1.15. The number of hydrogen-bond donors (Lipinski definition) is 0. The lowest BCUT2D eigenvalue weighted by atomic mass is 10.1. The van der Waals surface area contributed by atoms with Gasteiger partial charge in [-0.05, 0) is 54.6 Å². The fourth-order valence-corrected chi connectivity index (χ4v) is 7.25. The van der Waals surface area contributed by atoms with Crippen molar-refractivity contribution < 1.29 is 14.2 Å². The number of piperazine rings is 1. The quantitative estimate of drug-likeness (QED) is 0.187. The number of thiazole rings is 1. The van der Waals surface area contributed by atoms with Crippen LogP contribution in [0, 0.1) is 0 Å². The Labute approximate surface area is 267 Å². The number of halogens is 3. The van der Waals surface area contributed by atoms with Gasteiger partial charge in [-0.1, -0.05) is 52.2 Å². The van der Waals surface area contributed by atoms with Crippen LogP contribution >= 0.6 is 46.1 Å². The lowest BCUT2D eigenvalue weighted by Crippen LogP contribution is -2.46. The fraction of sp³-hybridized carbons (Fsp3) is 0.300. The molecule has 222 valence electrons. The van der Waals surface area contributed by atoms with Gasteiger partial charge in [0.2, 0.25) is 5.79 Å². The number of aromatic nitrogens is 4. The SMILES string of the molecule is Clc1ccc(C2(Cn3cncn3)OCC(COc3ccc(N4CCN(c5nc6ccc(Cl)cc6s5)CC4)cc3)O2)c(Cl)c1. The van der Waals surface area contributed by atoms with Crippen LogP contribution in [0.1, 0.15) is 5.56 Å². The zero-order valence-corrected chi connectivity index (χ0v) is 26.0. The van der Waals surface area contributed by atoms with Crippen molar-refractivity contribution in [3.8, 4) is 5.75 Å². The van der Waals surface area contributed by atoms with Crippen LogP contribution in [0.25, 0.3) is 10.2 Å². The van der Waals surface area contributed by atoms with Gasteiger partial charge in [0.25, 0.3) is 0 Å². The van der Waals surface area contributed by atoms with Crippen LogP contribution in [-0.2, 0) is 21.8 Å². The molecule has 2 aliphatic heterocycles. The van der Waals surface area contributed by atoms with E-state index in [1.54, 1.807) is 34.5 Å². The van der Waals surface area contributed by atoms with Gasteiger partial charge in [0.05, 0.1) is 21.8 Å². The normalized spacial score (nSPS) is 20.7. The summed E-state index contributed by atoms with van der Waals surface area (Å²) in [5.74, 6) is -0.384. The molecule has 3 aromatic carbocycles. The fourth-order valence-electron chi connectivity index (χ4n) is 5.40. The first kappa shape index (κ1) is 28.6. The van der Waals surface area contributed by atoms with E-state index in [1.807, 2.05) is 36.4 Å². The van der Waals surface area contributed by atoms with Crippen molar-refractivity contribution >= 4 is 67.2 Å². The van der Waals surface area contributed by atoms with E-state index in [2.05, 4.69) is 32.0 Å². The van der Waals surface area contributed by atoms with E-state index < -0.39 is 5.79 Å². The van der Waals surface area contributed by atoms with Gasteiger partial charge >= 0.3 is 0 Å². The summed E-state index contributed by atoms with van der Waals surface area (Å²) in [7, 11) is 0. The Kier molecular flexibility index (Phi) is 8.06. The van der Waals surface area contributed by atoms with Gasteiger partial charge in [0, 0.05) is 47.5 Å². The summed E-state index contributed by atoms with van der Waals surface area (Å²) in [6.45, 7) is 4.54. The molecule has 4 heterocycles. The molecule has 0 radical (unpaired) electrons. The third-order valence-electron chi connectivity index (χ3n) is 7.56. The second kappa shape index (κ2) is 12.1. The maximum absolute atomic E-state index is 6.57. The zero-order valence-electron chi connectivity index (χ0n) is 22.9. The highest BCUT2D eigenvalue weighted by molar-refractivity contribution is 7.22. The van der Waals surface area contributed by atoms with Crippen LogP contribution in [0.2, 0.25) is 15.1 Å². The summed E-state index contributed by atoms with van der Waals surface area (Å²) in [5, 5.41) is 7.00. The smallest absolute Gasteiger partial charge is 0.217 e. The molecule has 2 atom stereocenters. The van der Waals surface area contributed by atoms with Crippen LogP contribution in [0.3, 0.4) is 0 Å². The molecule has 5 aromatic rings. The molecule has 2 unspecified atom stereocenters. The predicted octanol–water partition coefficient (Wildman–Crippen LogP) is 6.52. The van der Waals surface area contributed by atoms with Crippen LogP contribution in [-0.4, -0.2) is 65.2 Å². The monoisotopic (exact) mass is 656 g/mol. The number of ether oxygens (including phenoxy) is 3. The lowest BCUT2D eigenvalue weighted by Gasteiger charge is -2.36. The maximum Gasteiger partial charge on any atom is 0.217 e. The first-order valence-electron chi connectivity index (χ1n) is 13.8. The molecular weight excluding hydrogens is 631 g/mol. The number of anilines is 2. The van der Waals surface area contributed by atoms with Crippen molar-refractivity contribution in [1.82, 2.24) is 19.7 Å². The summed E-state index contributed by atoms with van der Waals surface area (Å²) in [6.07, 6.45) is 2.76. The number of hydrogen-bond acceptors (Lipinski definition) is 9. The highest BCUT2D eigenvalue weighted by atomic mass is 35.5. The zero-order chi connectivity index (χ0) is 29.4. The third kappa shape index (κ3) is 6.13. The van der Waals surface area contributed by atoms with Crippen molar-refractivity contribution in [3.05, 3.63) is 93.9 Å². The molecule has 43 heavy (non-hydrogen) atoms. The second-order valence-electron chi connectivity index (χ2n) is 10.4. The molecule has 2 fully saturated rings. The summed E-state index contributed by atoms with van der Waals surface area (Å²) < 4.78 is 21.6. The molecule has 2 aromatic heterocycles. The molecule has 0 aliphatic carbocycles. The molecule has 7 rings (SSSR count). The molecule has 0 N–H and O–H groups in total. The molecule has 0 amide bonds. The summed E-state index contributed by atoms with van der Waals surface area (Å²) in [4.78, 5) is 13.6.